The van der Waals surface area contributed by atoms with Crippen LogP contribution >= 0.6 is 0 Å². The quantitative estimate of drug-likeness (QED) is 0.657. The van der Waals surface area contributed by atoms with Crippen molar-refractivity contribution < 1.29 is 9.90 Å². The van der Waals surface area contributed by atoms with E-state index in [1.165, 1.54) is 6.21 Å². The van der Waals surface area contributed by atoms with Crippen molar-refractivity contribution in [3.05, 3.63) is 47.3 Å². The Balaban J connectivity index is 2.15. The summed E-state index contributed by atoms with van der Waals surface area (Å²) >= 11 is 0. The van der Waals surface area contributed by atoms with Crippen molar-refractivity contribution in [2.75, 3.05) is 13.1 Å². The summed E-state index contributed by atoms with van der Waals surface area (Å²) in [6, 6.07) is 8.71. The van der Waals surface area contributed by atoms with Crippen LogP contribution in [0.2, 0.25) is 0 Å². The van der Waals surface area contributed by atoms with Gasteiger partial charge in [0.05, 0.1) is 18.7 Å². The molecule has 1 amide bonds. The Labute approximate surface area is 157 Å². The maximum Gasteiger partial charge on any atom is 0.227 e. The zero-order valence-electron chi connectivity index (χ0n) is 15.7. The van der Waals surface area contributed by atoms with E-state index in [2.05, 4.69) is 4.98 Å². The number of benzene rings is 1. The normalized spacial score (nSPS) is 10.9. The molecule has 0 radical (unpaired) electrons. The molecule has 3 aromatic rings. The largest absolute Gasteiger partial charge is 0.508 e. The van der Waals surface area contributed by atoms with Gasteiger partial charge in [-0.05, 0) is 51.1 Å². The number of rotatable bonds is 6. The third-order valence-corrected chi connectivity index (χ3v) is 4.51. The summed E-state index contributed by atoms with van der Waals surface area (Å²) in [7, 11) is 0. The van der Waals surface area contributed by atoms with Crippen LogP contribution in [-0.4, -0.2) is 49.8 Å². The molecule has 0 bridgehead atoms. The highest BCUT2D eigenvalue weighted by Gasteiger charge is 2.22. The van der Waals surface area contributed by atoms with E-state index in [1.54, 1.807) is 33.7 Å². The molecular weight excluding hydrogens is 342 g/mol. The van der Waals surface area contributed by atoms with Gasteiger partial charge >= 0.3 is 0 Å². The first-order valence-corrected chi connectivity index (χ1v) is 8.86. The number of hydrogen-bond donors (Lipinski definition) is 2. The number of aryl methyl sites for hydroxylation is 2. The van der Waals surface area contributed by atoms with Gasteiger partial charge in [-0.3, -0.25) is 4.79 Å². The second-order valence-corrected chi connectivity index (χ2v) is 6.46. The molecule has 3 rings (SSSR count). The molecule has 2 N–H and O–H groups in total. The van der Waals surface area contributed by atoms with Crippen molar-refractivity contribution in [3.63, 3.8) is 0 Å². The minimum atomic E-state index is -0.0723. The third-order valence-electron chi connectivity index (χ3n) is 4.51. The van der Waals surface area contributed by atoms with Gasteiger partial charge in [-0.2, -0.15) is 5.10 Å². The van der Waals surface area contributed by atoms with Crippen molar-refractivity contribution in [2.45, 2.75) is 27.2 Å². The number of hydrogen-bond acceptors (Lipinski definition) is 5. The highest BCUT2D eigenvalue weighted by molar-refractivity contribution is 5.86. The molecule has 7 heteroatoms. The average Bonchev–Trinajstić information content (AvgIpc) is 2.99. The molecule has 140 valence electrons. The maximum atomic E-state index is 12.8. The molecule has 0 fully saturated rings. The first-order valence-electron chi connectivity index (χ1n) is 8.86. The lowest BCUT2D eigenvalue weighted by Crippen LogP contribution is -2.33. The number of nitrogens with zero attached hydrogens (tertiary/aromatic N) is 4. The van der Waals surface area contributed by atoms with Gasteiger partial charge in [-0.15, -0.1) is 0 Å². The standard InChI is InChI=1S/C20H23N5O2/c1-4-24(10-9-21)18(27)12-17-19(15-5-7-16(26)8-6-15)23-25-14(3)11-13(2)22-20(17)25/h5-9,11,21,26H,4,10,12H2,1-3H3. The molecule has 2 heterocycles. The Morgan fingerprint density at radius 2 is 2.00 bits per heavy atom. The summed E-state index contributed by atoms with van der Waals surface area (Å²) in [5.74, 6) is 0.102. The fourth-order valence-electron chi connectivity index (χ4n) is 3.16. The molecule has 0 aliphatic carbocycles. The van der Waals surface area contributed by atoms with Crippen molar-refractivity contribution >= 4 is 17.8 Å². The smallest absolute Gasteiger partial charge is 0.227 e. The zero-order valence-corrected chi connectivity index (χ0v) is 15.7. The molecule has 0 saturated heterocycles. The van der Waals surface area contributed by atoms with Gasteiger partial charge in [0.2, 0.25) is 5.91 Å². The summed E-state index contributed by atoms with van der Waals surface area (Å²) in [5, 5.41) is 21.6. The monoisotopic (exact) mass is 365 g/mol. The number of aromatic hydroxyl groups is 1. The number of carbonyl (C=O) groups excluding carboxylic acids is 1. The van der Waals surface area contributed by atoms with Crippen LogP contribution in [-0.2, 0) is 11.2 Å². The lowest BCUT2D eigenvalue weighted by atomic mass is 10.0. The van der Waals surface area contributed by atoms with Crippen molar-refractivity contribution in [1.29, 1.82) is 5.41 Å². The first kappa shape index (κ1) is 18.6. The SMILES string of the molecule is CCN(CC=N)C(=O)Cc1c(-c2ccc(O)cc2)nn2c(C)cc(C)nc12. The Morgan fingerprint density at radius 1 is 1.30 bits per heavy atom. The molecule has 0 aliphatic heterocycles. The number of carbonyl (C=O) groups is 1. The van der Waals surface area contributed by atoms with Gasteiger partial charge in [-0.25, -0.2) is 9.50 Å². The maximum absolute atomic E-state index is 12.8. The predicted octanol–water partition coefficient (Wildman–Crippen LogP) is 2.76. The lowest BCUT2D eigenvalue weighted by molar-refractivity contribution is -0.129. The molecule has 0 unspecified atom stereocenters. The molecule has 0 aliphatic rings. The van der Waals surface area contributed by atoms with E-state index < -0.39 is 0 Å². The number of phenols is 1. The Bertz CT molecular complexity index is 992. The second kappa shape index (κ2) is 7.57. The number of aromatic nitrogens is 3. The average molecular weight is 365 g/mol. The molecule has 1 aromatic carbocycles. The van der Waals surface area contributed by atoms with Gasteiger partial charge in [0, 0.05) is 35.3 Å². The zero-order chi connectivity index (χ0) is 19.6. The van der Waals surface area contributed by atoms with Crippen LogP contribution in [0, 0.1) is 19.3 Å². The van der Waals surface area contributed by atoms with Crippen molar-refractivity contribution in [3.8, 4) is 17.0 Å². The fourth-order valence-corrected chi connectivity index (χ4v) is 3.16. The van der Waals surface area contributed by atoms with Gasteiger partial charge < -0.3 is 15.4 Å². The highest BCUT2D eigenvalue weighted by atomic mass is 16.3. The second-order valence-electron chi connectivity index (χ2n) is 6.46. The van der Waals surface area contributed by atoms with Crippen LogP contribution in [0.3, 0.4) is 0 Å². The van der Waals surface area contributed by atoms with Crippen LogP contribution in [0.5, 0.6) is 5.75 Å². The Hall–Kier alpha value is -3.22. The predicted molar refractivity (Wildman–Crippen MR) is 104 cm³/mol. The van der Waals surface area contributed by atoms with E-state index in [0.29, 0.717) is 17.9 Å². The molecule has 0 spiro atoms. The number of phenolic OH excluding ortho intramolecular Hbond substituents is 1. The summed E-state index contributed by atoms with van der Waals surface area (Å²) in [6.45, 7) is 6.58. The molecule has 27 heavy (non-hydrogen) atoms. The third kappa shape index (κ3) is 3.67. The van der Waals surface area contributed by atoms with Crippen LogP contribution in [0.1, 0.15) is 23.9 Å². The van der Waals surface area contributed by atoms with E-state index in [1.807, 2.05) is 26.8 Å². The lowest BCUT2D eigenvalue weighted by Gasteiger charge is -2.18. The summed E-state index contributed by atoms with van der Waals surface area (Å²) < 4.78 is 1.75. The number of nitrogens with one attached hydrogen (secondary N) is 1. The summed E-state index contributed by atoms with van der Waals surface area (Å²) in [5.41, 5.74) is 4.69. The molecule has 0 saturated carbocycles. The van der Waals surface area contributed by atoms with Gasteiger partial charge in [0.15, 0.2) is 5.65 Å². The van der Waals surface area contributed by atoms with Crippen LogP contribution in [0.15, 0.2) is 30.3 Å². The Morgan fingerprint density at radius 3 is 2.63 bits per heavy atom. The summed E-state index contributed by atoms with van der Waals surface area (Å²) in [6.07, 6.45) is 1.38. The number of amides is 1. The van der Waals surface area contributed by atoms with E-state index >= 15 is 0 Å². The highest BCUT2D eigenvalue weighted by Crippen LogP contribution is 2.28. The van der Waals surface area contributed by atoms with Crippen LogP contribution < -0.4 is 0 Å². The van der Waals surface area contributed by atoms with Gasteiger partial charge in [0.1, 0.15) is 5.75 Å². The van der Waals surface area contributed by atoms with E-state index in [0.717, 1.165) is 22.5 Å². The molecule has 2 aromatic heterocycles. The van der Waals surface area contributed by atoms with Crippen LogP contribution in [0.4, 0.5) is 0 Å². The van der Waals surface area contributed by atoms with E-state index in [9.17, 15) is 9.90 Å². The fraction of sp³-hybridized carbons (Fsp3) is 0.300. The van der Waals surface area contributed by atoms with Crippen molar-refractivity contribution in [2.24, 2.45) is 0 Å². The van der Waals surface area contributed by atoms with Crippen LogP contribution in [0.25, 0.3) is 16.9 Å². The first-order chi connectivity index (χ1) is 12.9. The van der Waals surface area contributed by atoms with Gasteiger partial charge in [0.25, 0.3) is 0 Å². The molecule has 0 atom stereocenters. The molecule has 7 nitrogen and oxygen atoms in total. The number of fused-ring (bicyclic) bond motifs is 1. The van der Waals surface area contributed by atoms with Gasteiger partial charge in [-0.1, -0.05) is 0 Å². The minimum Gasteiger partial charge on any atom is -0.508 e. The van der Waals surface area contributed by atoms with Crippen molar-refractivity contribution in [1.82, 2.24) is 19.5 Å². The Kier molecular flexibility index (Phi) is 5.21. The number of likely N-dealkylation sites (N-methyl/N-ethyl adjacent to an activating group) is 1. The minimum absolute atomic E-state index is 0.0723. The van der Waals surface area contributed by atoms with E-state index in [4.69, 9.17) is 10.5 Å². The topological polar surface area (TPSA) is 94.6 Å². The summed E-state index contributed by atoms with van der Waals surface area (Å²) in [4.78, 5) is 19.0. The van der Waals surface area contributed by atoms with E-state index in [-0.39, 0.29) is 24.6 Å². The molecular formula is C20H23N5O2.